The average Bonchev–Trinajstić information content (AvgIpc) is 3.23. The zero-order valence-corrected chi connectivity index (χ0v) is 12.3. The van der Waals surface area contributed by atoms with E-state index in [-0.39, 0.29) is 12.5 Å². The molecule has 0 spiro atoms. The van der Waals surface area contributed by atoms with Gasteiger partial charge in [0.1, 0.15) is 0 Å². The number of hydrogen-bond acceptors (Lipinski definition) is 6. The summed E-state index contributed by atoms with van der Waals surface area (Å²) in [5, 5.41) is 5.80. The van der Waals surface area contributed by atoms with Gasteiger partial charge >= 0.3 is 5.97 Å². The van der Waals surface area contributed by atoms with Crippen molar-refractivity contribution in [2.24, 2.45) is 0 Å². The van der Waals surface area contributed by atoms with Gasteiger partial charge in [-0.1, -0.05) is 41.6 Å². The average molecular weight is 312 g/mol. The third-order valence-electron chi connectivity index (χ3n) is 2.76. The summed E-state index contributed by atoms with van der Waals surface area (Å²) in [6.45, 7) is -0.0482. The molecule has 0 unspecified atom stereocenters. The Balaban J connectivity index is 1.56. The lowest BCUT2D eigenvalue weighted by molar-refractivity contribution is -0.139. The largest absolute Gasteiger partial charge is 0.452 e. The third kappa shape index (κ3) is 3.67. The summed E-state index contributed by atoms with van der Waals surface area (Å²) in [4.78, 5) is 16.8. The van der Waals surface area contributed by atoms with Crippen LogP contribution in [0.2, 0.25) is 0 Å². The summed E-state index contributed by atoms with van der Waals surface area (Å²) in [5.74, 6) is 0.283. The molecule has 3 aromatic rings. The minimum absolute atomic E-state index is 0.0482. The Morgan fingerprint density at radius 3 is 2.86 bits per heavy atom. The van der Waals surface area contributed by atoms with Gasteiger partial charge in [-0.3, -0.25) is 0 Å². The van der Waals surface area contributed by atoms with E-state index in [1.807, 2.05) is 47.8 Å². The highest BCUT2D eigenvalue weighted by molar-refractivity contribution is 7.10. The van der Waals surface area contributed by atoms with E-state index in [2.05, 4.69) is 10.1 Å². The van der Waals surface area contributed by atoms with Crippen molar-refractivity contribution < 1.29 is 14.1 Å². The van der Waals surface area contributed by atoms with Crippen molar-refractivity contribution in [2.45, 2.75) is 6.61 Å². The van der Waals surface area contributed by atoms with E-state index in [0.717, 1.165) is 10.4 Å². The molecule has 6 heteroatoms. The van der Waals surface area contributed by atoms with Crippen LogP contribution in [-0.2, 0) is 16.1 Å². The number of carbonyl (C=O) groups is 1. The number of aromatic nitrogens is 2. The second-order valence-electron chi connectivity index (χ2n) is 4.33. The molecule has 110 valence electrons. The zero-order valence-electron chi connectivity index (χ0n) is 11.5. The van der Waals surface area contributed by atoms with Gasteiger partial charge in [0.25, 0.3) is 5.89 Å². The lowest BCUT2D eigenvalue weighted by atomic mass is 10.2. The number of esters is 1. The van der Waals surface area contributed by atoms with Crippen molar-refractivity contribution in [2.75, 3.05) is 0 Å². The topological polar surface area (TPSA) is 65.2 Å². The number of rotatable bonds is 5. The van der Waals surface area contributed by atoms with Crippen LogP contribution in [0.3, 0.4) is 0 Å². The molecule has 22 heavy (non-hydrogen) atoms. The molecule has 3 rings (SSSR count). The highest BCUT2D eigenvalue weighted by Crippen LogP contribution is 2.15. The van der Waals surface area contributed by atoms with Crippen LogP contribution in [0.4, 0.5) is 0 Å². The molecule has 0 saturated heterocycles. The molecule has 0 radical (unpaired) electrons. The highest BCUT2D eigenvalue weighted by Gasteiger charge is 2.09. The van der Waals surface area contributed by atoms with Crippen LogP contribution in [0.15, 0.2) is 58.4 Å². The standard InChI is InChI=1S/C16H12N2O3S/c19-15(9-8-13-7-4-10-22-13)20-11-14-17-16(18-21-14)12-5-2-1-3-6-12/h1-10H,11H2/b9-8+. The van der Waals surface area contributed by atoms with Crippen LogP contribution in [-0.4, -0.2) is 16.1 Å². The molecule has 0 fully saturated rings. The Morgan fingerprint density at radius 1 is 1.23 bits per heavy atom. The first-order valence-corrected chi connectivity index (χ1v) is 7.45. The van der Waals surface area contributed by atoms with E-state index >= 15 is 0 Å². The van der Waals surface area contributed by atoms with E-state index in [1.165, 1.54) is 6.08 Å². The smallest absolute Gasteiger partial charge is 0.331 e. The zero-order chi connectivity index (χ0) is 15.2. The normalized spacial score (nSPS) is 10.9. The quantitative estimate of drug-likeness (QED) is 0.532. The SMILES string of the molecule is O=C(/C=C/c1cccs1)OCc1nc(-c2ccccc2)no1. The maximum absolute atomic E-state index is 11.6. The van der Waals surface area contributed by atoms with Crippen molar-refractivity contribution >= 4 is 23.4 Å². The number of ether oxygens (including phenoxy) is 1. The summed E-state index contributed by atoms with van der Waals surface area (Å²) in [7, 11) is 0. The van der Waals surface area contributed by atoms with Crippen LogP contribution in [0.1, 0.15) is 10.8 Å². The van der Waals surface area contributed by atoms with E-state index in [0.29, 0.717) is 5.82 Å². The van der Waals surface area contributed by atoms with Crippen molar-refractivity contribution in [1.82, 2.24) is 10.1 Å². The molecule has 0 atom stereocenters. The lowest BCUT2D eigenvalue weighted by Crippen LogP contribution is -2.00. The summed E-state index contributed by atoms with van der Waals surface area (Å²) in [5.41, 5.74) is 0.849. The molecular formula is C16H12N2O3S. The Morgan fingerprint density at radius 2 is 2.09 bits per heavy atom. The minimum atomic E-state index is -0.451. The van der Waals surface area contributed by atoms with Gasteiger partial charge in [0.2, 0.25) is 5.82 Å². The molecule has 0 amide bonds. The second-order valence-corrected chi connectivity index (χ2v) is 5.31. The van der Waals surface area contributed by atoms with Crippen molar-refractivity contribution in [1.29, 1.82) is 0 Å². The number of thiophene rings is 1. The second kappa shape index (κ2) is 6.82. The van der Waals surface area contributed by atoms with Gasteiger partial charge in [0, 0.05) is 16.5 Å². The molecule has 0 saturated carbocycles. The number of benzene rings is 1. The highest BCUT2D eigenvalue weighted by atomic mass is 32.1. The van der Waals surface area contributed by atoms with Crippen LogP contribution < -0.4 is 0 Å². The van der Waals surface area contributed by atoms with E-state index < -0.39 is 5.97 Å². The Kier molecular flexibility index (Phi) is 4.41. The molecule has 0 N–H and O–H groups in total. The van der Waals surface area contributed by atoms with Crippen LogP contribution in [0.25, 0.3) is 17.5 Å². The van der Waals surface area contributed by atoms with Crippen molar-refractivity contribution in [3.8, 4) is 11.4 Å². The Hall–Kier alpha value is -2.73. The first kappa shape index (κ1) is 14.2. The van der Waals surface area contributed by atoms with Gasteiger partial charge in [0.15, 0.2) is 6.61 Å². The molecule has 0 aliphatic rings. The third-order valence-corrected chi connectivity index (χ3v) is 3.60. The fraction of sp³-hybridized carbons (Fsp3) is 0.0625. The predicted octanol–water partition coefficient (Wildman–Crippen LogP) is 3.55. The van der Waals surface area contributed by atoms with Gasteiger partial charge in [0.05, 0.1) is 0 Å². The van der Waals surface area contributed by atoms with Crippen LogP contribution in [0.5, 0.6) is 0 Å². The molecule has 1 aromatic carbocycles. The summed E-state index contributed by atoms with van der Waals surface area (Å²) in [6, 6.07) is 13.3. The monoisotopic (exact) mass is 312 g/mol. The number of carbonyl (C=O) groups excluding carboxylic acids is 1. The van der Waals surface area contributed by atoms with Crippen molar-refractivity contribution in [3.05, 3.63) is 64.7 Å². The molecule has 5 nitrogen and oxygen atoms in total. The fourth-order valence-corrected chi connectivity index (χ4v) is 2.35. The summed E-state index contributed by atoms with van der Waals surface area (Å²) in [6.07, 6.45) is 3.08. The van der Waals surface area contributed by atoms with Crippen molar-refractivity contribution in [3.63, 3.8) is 0 Å². The molecule has 0 bridgehead atoms. The van der Waals surface area contributed by atoms with E-state index in [1.54, 1.807) is 17.4 Å². The van der Waals surface area contributed by atoms with E-state index in [4.69, 9.17) is 9.26 Å². The molecule has 0 aliphatic heterocycles. The van der Waals surface area contributed by atoms with Gasteiger partial charge in [-0.25, -0.2) is 4.79 Å². The minimum Gasteiger partial charge on any atom is -0.452 e. The number of hydrogen-bond donors (Lipinski definition) is 0. The lowest BCUT2D eigenvalue weighted by Gasteiger charge is -1.96. The van der Waals surface area contributed by atoms with E-state index in [9.17, 15) is 4.79 Å². The Labute approximate surface area is 130 Å². The fourth-order valence-electron chi connectivity index (χ4n) is 1.74. The predicted molar refractivity (Wildman–Crippen MR) is 82.9 cm³/mol. The maximum Gasteiger partial charge on any atom is 0.331 e. The number of nitrogens with zero attached hydrogens (tertiary/aromatic N) is 2. The van der Waals surface area contributed by atoms with Crippen LogP contribution in [0, 0.1) is 0 Å². The maximum atomic E-state index is 11.6. The summed E-state index contributed by atoms with van der Waals surface area (Å²) < 4.78 is 10.1. The van der Waals surface area contributed by atoms with Gasteiger partial charge in [-0.15, -0.1) is 11.3 Å². The first-order valence-electron chi connectivity index (χ1n) is 6.57. The van der Waals surface area contributed by atoms with Gasteiger partial charge in [-0.2, -0.15) is 4.98 Å². The first-order chi connectivity index (χ1) is 10.8. The molecule has 2 aromatic heterocycles. The molecule has 0 aliphatic carbocycles. The molecular weight excluding hydrogens is 300 g/mol. The molecule has 2 heterocycles. The van der Waals surface area contributed by atoms with Crippen LogP contribution >= 0.6 is 11.3 Å². The Bertz CT molecular complexity index is 764. The van der Waals surface area contributed by atoms with Gasteiger partial charge < -0.3 is 9.26 Å². The summed E-state index contributed by atoms with van der Waals surface area (Å²) >= 11 is 1.54. The van der Waals surface area contributed by atoms with Gasteiger partial charge in [-0.05, 0) is 17.5 Å².